The Kier molecular flexibility index (Phi) is 6.01. The number of hydrogen-bond acceptors (Lipinski definition) is 3. The molecule has 1 fully saturated rings. The van der Waals surface area contributed by atoms with E-state index in [0.29, 0.717) is 0 Å². The molecule has 1 aromatic rings. The molecule has 4 nitrogen and oxygen atoms in total. The molecule has 0 aromatic heterocycles. The van der Waals surface area contributed by atoms with Crippen molar-refractivity contribution in [1.29, 1.82) is 0 Å². The fourth-order valence-corrected chi connectivity index (χ4v) is 3.01. The van der Waals surface area contributed by atoms with Crippen LogP contribution in [0.3, 0.4) is 0 Å². The molecule has 2 rings (SSSR count). The van der Waals surface area contributed by atoms with Crippen LogP contribution < -0.4 is 4.74 Å². The summed E-state index contributed by atoms with van der Waals surface area (Å²) in [5.74, 6) is 0.453. The lowest BCUT2D eigenvalue weighted by Gasteiger charge is -2.15. The third kappa shape index (κ3) is 5.19. The van der Waals surface area contributed by atoms with E-state index in [-0.39, 0.29) is 24.9 Å². The van der Waals surface area contributed by atoms with E-state index in [1.807, 2.05) is 37.3 Å². The summed E-state index contributed by atoms with van der Waals surface area (Å²) >= 11 is 0. The second kappa shape index (κ2) is 7.99. The van der Waals surface area contributed by atoms with Gasteiger partial charge in [-0.25, -0.2) is 0 Å². The maximum absolute atomic E-state index is 10.8. The van der Waals surface area contributed by atoms with Crippen LogP contribution in [0.1, 0.15) is 31.2 Å². The van der Waals surface area contributed by atoms with Gasteiger partial charge < -0.3 is 14.9 Å². The standard InChI is InChI=1S/C18H24O4/c1-13-4-2-7-17(10-13)22-12-16(19)9-8-14-5-3-6-15(14)11-18(20)21/h2,4,7-10,14-16,19H,3,5-6,11-12H2,1H3,(H,20,21)/b9-8+/t14?,15-,16?/m1/s1. The van der Waals surface area contributed by atoms with E-state index in [1.165, 1.54) is 0 Å². The zero-order chi connectivity index (χ0) is 15.9. The average molecular weight is 304 g/mol. The number of carboxylic acid groups (broad SMARTS) is 1. The molecule has 0 heterocycles. The first-order valence-corrected chi connectivity index (χ1v) is 7.82. The van der Waals surface area contributed by atoms with Crippen LogP contribution in [-0.2, 0) is 4.79 Å². The highest BCUT2D eigenvalue weighted by Crippen LogP contribution is 2.35. The maximum Gasteiger partial charge on any atom is 0.303 e. The van der Waals surface area contributed by atoms with Gasteiger partial charge in [0.25, 0.3) is 0 Å². The number of hydrogen-bond donors (Lipinski definition) is 2. The first-order chi connectivity index (χ1) is 10.5. The van der Waals surface area contributed by atoms with Crippen LogP contribution in [0.4, 0.5) is 0 Å². The number of rotatable bonds is 7. The lowest BCUT2D eigenvalue weighted by atomic mass is 9.92. The average Bonchev–Trinajstić information content (AvgIpc) is 2.89. The fraction of sp³-hybridized carbons (Fsp3) is 0.500. The number of carboxylic acids is 1. The number of aliphatic carboxylic acids is 1. The largest absolute Gasteiger partial charge is 0.491 e. The monoisotopic (exact) mass is 304 g/mol. The van der Waals surface area contributed by atoms with E-state index in [2.05, 4.69) is 0 Å². The second-order valence-electron chi connectivity index (χ2n) is 6.03. The molecule has 0 radical (unpaired) electrons. The molecule has 1 aliphatic carbocycles. The van der Waals surface area contributed by atoms with Crippen LogP contribution in [0, 0.1) is 18.8 Å². The summed E-state index contributed by atoms with van der Waals surface area (Å²) in [5.41, 5.74) is 1.12. The molecule has 2 unspecified atom stereocenters. The topological polar surface area (TPSA) is 66.8 Å². The minimum atomic E-state index is -0.742. The van der Waals surface area contributed by atoms with Crippen molar-refractivity contribution in [3.05, 3.63) is 42.0 Å². The molecule has 0 aliphatic heterocycles. The number of aliphatic hydroxyl groups is 1. The molecule has 120 valence electrons. The van der Waals surface area contributed by atoms with Crippen molar-refractivity contribution >= 4 is 5.97 Å². The third-order valence-electron chi connectivity index (χ3n) is 4.15. The Morgan fingerprint density at radius 3 is 3.00 bits per heavy atom. The van der Waals surface area contributed by atoms with Crippen LogP contribution in [0.25, 0.3) is 0 Å². The van der Waals surface area contributed by atoms with Crippen molar-refractivity contribution in [3.63, 3.8) is 0 Å². The van der Waals surface area contributed by atoms with Gasteiger partial charge in [0, 0.05) is 6.42 Å². The van der Waals surface area contributed by atoms with Gasteiger partial charge in [-0.2, -0.15) is 0 Å². The summed E-state index contributed by atoms with van der Waals surface area (Å²) in [4.78, 5) is 10.8. The summed E-state index contributed by atoms with van der Waals surface area (Å²) in [6.45, 7) is 2.20. The van der Waals surface area contributed by atoms with Crippen LogP contribution in [0.2, 0.25) is 0 Å². The molecule has 3 atom stereocenters. The lowest BCUT2D eigenvalue weighted by molar-refractivity contribution is -0.138. The molecular formula is C18H24O4. The van der Waals surface area contributed by atoms with Gasteiger partial charge in [-0.1, -0.05) is 30.7 Å². The van der Waals surface area contributed by atoms with Crippen molar-refractivity contribution in [3.8, 4) is 5.75 Å². The molecule has 22 heavy (non-hydrogen) atoms. The first-order valence-electron chi connectivity index (χ1n) is 7.82. The highest BCUT2D eigenvalue weighted by Gasteiger charge is 2.27. The van der Waals surface area contributed by atoms with E-state index in [1.54, 1.807) is 6.08 Å². The minimum Gasteiger partial charge on any atom is -0.491 e. The van der Waals surface area contributed by atoms with Crippen LogP contribution >= 0.6 is 0 Å². The number of carbonyl (C=O) groups is 1. The van der Waals surface area contributed by atoms with E-state index in [9.17, 15) is 9.90 Å². The predicted molar refractivity (Wildman–Crippen MR) is 84.9 cm³/mol. The Morgan fingerprint density at radius 1 is 1.45 bits per heavy atom. The van der Waals surface area contributed by atoms with Gasteiger partial charge in [0.1, 0.15) is 18.5 Å². The van der Waals surface area contributed by atoms with Gasteiger partial charge in [0.2, 0.25) is 0 Å². The van der Waals surface area contributed by atoms with Crippen molar-refractivity contribution in [2.45, 2.75) is 38.7 Å². The molecule has 1 aliphatic rings. The van der Waals surface area contributed by atoms with Crippen molar-refractivity contribution < 1.29 is 19.7 Å². The Balaban J connectivity index is 1.80. The number of ether oxygens (including phenoxy) is 1. The van der Waals surface area contributed by atoms with Crippen molar-refractivity contribution in [2.75, 3.05) is 6.61 Å². The smallest absolute Gasteiger partial charge is 0.303 e. The van der Waals surface area contributed by atoms with Crippen molar-refractivity contribution in [1.82, 2.24) is 0 Å². The van der Waals surface area contributed by atoms with Gasteiger partial charge >= 0.3 is 5.97 Å². The molecular weight excluding hydrogens is 280 g/mol. The molecule has 0 saturated heterocycles. The first kappa shape index (κ1) is 16.6. The molecule has 1 saturated carbocycles. The molecule has 4 heteroatoms. The highest BCUT2D eigenvalue weighted by atomic mass is 16.5. The summed E-state index contributed by atoms with van der Waals surface area (Å²) in [7, 11) is 0. The minimum absolute atomic E-state index is 0.193. The van der Waals surface area contributed by atoms with Gasteiger partial charge in [0.05, 0.1) is 0 Å². The lowest BCUT2D eigenvalue weighted by Crippen LogP contribution is -2.16. The Labute approximate surface area is 131 Å². The van der Waals surface area contributed by atoms with Gasteiger partial charge in [0.15, 0.2) is 0 Å². The van der Waals surface area contributed by atoms with E-state index in [0.717, 1.165) is 30.6 Å². The fourth-order valence-electron chi connectivity index (χ4n) is 3.01. The van der Waals surface area contributed by atoms with Crippen LogP contribution in [0.15, 0.2) is 36.4 Å². The SMILES string of the molecule is Cc1cccc(OCC(O)/C=C/C2CCC[C@@H]2CC(=O)O)c1. The molecule has 2 N–H and O–H groups in total. The highest BCUT2D eigenvalue weighted by molar-refractivity contribution is 5.67. The Bertz CT molecular complexity index is 524. The summed E-state index contributed by atoms with van der Waals surface area (Å²) < 4.78 is 5.56. The van der Waals surface area contributed by atoms with Gasteiger partial charge in [-0.05, 0) is 49.3 Å². The third-order valence-corrected chi connectivity index (χ3v) is 4.15. The van der Waals surface area contributed by atoms with Gasteiger partial charge in [-0.15, -0.1) is 0 Å². The number of benzene rings is 1. The van der Waals surface area contributed by atoms with E-state index >= 15 is 0 Å². The Hall–Kier alpha value is -1.81. The quantitative estimate of drug-likeness (QED) is 0.759. The van der Waals surface area contributed by atoms with Crippen molar-refractivity contribution in [2.24, 2.45) is 11.8 Å². The van der Waals surface area contributed by atoms with Gasteiger partial charge in [-0.3, -0.25) is 4.79 Å². The number of aryl methyl sites for hydroxylation is 1. The Morgan fingerprint density at radius 2 is 2.27 bits per heavy atom. The summed E-state index contributed by atoms with van der Waals surface area (Å²) in [6.07, 6.45) is 6.25. The van der Waals surface area contributed by atoms with Crippen LogP contribution in [0.5, 0.6) is 5.75 Å². The summed E-state index contributed by atoms with van der Waals surface area (Å²) in [5, 5.41) is 18.9. The number of allylic oxidation sites excluding steroid dienone is 1. The molecule has 1 aromatic carbocycles. The van der Waals surface area contributed by atoms with Crippen LogP contribution in [-0.4, -0.2) is 28.9 Å². The summed E-state index contributed by atoms with van der Waals surface area (Å²) in [6, 6.07) is 7.70. The molecule has 0 amide bonds. The van der Waals surface area contributed by atoms with E-state index < -0.39 is 12.1 Å². The maximum atomic E-state index is 10.8. The predicted octanol–water partition coefficient (Wildman–Crippen LogP) is 3.18. The molecule has 0 spiro atoms. The second-order valence-corrected chi connectivity index (χ2v) is 6.03. The zero-order valence-corrected chi connectivity index (χ0v) is 12.9. The number of aliphatic hydroxyl groups excluding tert-OH is 1. The van der Waals surface area contributed by atoms with E-state index in [4.69, 9.17) is 9.84 Å². The molecule has 0 bridgehead atoms. The zero-order valence-electron chi connectivity index (χ0n) is 12.9. The normalized spacial score (nSPS) is 22.8.